The summed E-state index contributed by atoms with van der Waals surface area (Å²) in [7, 11) is 0. The summed E-state index contributed by atoms with van der Waals surface area (Å²) in [4.78, 5) is 11.4. The molecule has 1 atom stereocenters. The largest absolute Gasteiger partial charge is 0.291 e. The molecule has 0 radical (unpaired) electrons. The fourth-order valence-electron chi connectivity index (χ4n) is 3.66. The van der Waals surface area contributed by atoms with E-state index in [0.717, 1.165) is 13.1 Å². The first-order valence-corrected chi connectivity index (χ1v) is 9.04. The molecule has 0 unspecified atom stereocenters. The third-order valence-electron chi connectivity index (χ3n) is 4.98. The predicted molar refractivity (Wildman–Crippen MR) is 101 cm³/mol. The molecular formula is C22H23N3. The monoisotopic (exact) mass is 329 g/mol. The maximum absolute atomic E-state index is 4.60. The number of nitrogens with zero attached hydrogens (tertiary/aromatic N) is 3. The van der Waals surface area contributed by atoms with Crippen LogP contribution in [0.15, 0.2) is 73.2 Å². The number of aromatic nitrogens is 2. The number of hydrogen-bond acceptors (Lipinski definition) is 3. The average molecular weight is 329 g/mol. The normalized spacial score (nSPS) is 18.2. The van der Waals surface area contributed by atoms with Gasteiger partial charge in [-0.15, -0.1) is 0 Å². The predicted octanol–water partition coefficient (Wildman–Crippen LogP) is 4.87. The number of pyridine rings is 2. The average Bonchev–Trinajstić information content (AvgIpc) is 2.70. The summed E-state index contributed by atoms with van der Waals surface area (Å²) in [6.45, 7) is 2.13. The van der Waals surface area contributed by atoms with Crippen LogP contribution in [0.4, 0.5) is 0 Å². The van der Waals surface area contributed by atoms with Gasteiger partial charge in [0.25, 0.3) is 0 Å². The van der Waals surface area contributed by atoms with E-state index in [9.17, 15) is 0 Å². The van der Waals surface area contributed by atoms with Crippen LogP contribution in [0.25, 0.3) is 11.1 Å². The van der Waals surface area contributed by atoms with Crippen molar-refractivity contribution in [2.24, 2.45) is 0 Å². The van der Waals surface area contributed by atoms with Gasteiger partial charge in [-0.2, -0.15) is 0 Å². The standard InChI is InChI=1S/C22H23N3/c1-3-14-24-21(7-1)22-8-2-4-15-25(22)17-18-9-11-19(12-10-18)20-6-5-13-23-16-20/h1,3,5-7,9-14,16,22H,2,4,8,15,17H2/t22-/m0/s1. The van der Waals surface area contributed by atoms with Gasteiger partial charge in [0.15, 0.2) is 0 Å². The fraction of sp³-hybridized carbons (Fsp3) is 0.273. The maximum atomic E-state index is 4.60. The van der Waals surface area contributed by atoms with Gasteiger partial charge in [0.05, 0.1) is 11.7 Å². The van der Waals surface area contributed by atoms with Gasteiger partial charge < -0.3 is 0 Å². The minimum Gasteiger partial charge on any atom is -0.291 e. The van der Waals surface area contributed by atoms with Gasteiger partial charge in [0.1, 0.15) is 0 Å². The summed E-state index contributed by atoms with van der Waals surface area (Å²) in [6.07, 6.45) is 9.40. The van der Waals surface area contributed by atoms with Crippen LogP contribution in [0.2, 0.25) is 0 Å². The first-order valence-electron chi connectivity index (χ1n) is 9.04. The molecule has 1 aliphatic heterocycles. The van der Waals surface area contributed by atoms with E-state index in [4.69, 9.17) is 0 Å². The van der Waals surface area contributed by atoms with Crippen LogP contribution in [0.1, 0.15) is 36.6 Å². The van der Waals surface area contributed by atoms with Gasteiger partial charge in [-0.05, 0) is 54.3 Å². The minimum atomic E-state index is 0.438. The molecule has 0 amide bonds. The van der Waals surface area contributed by atoms with Gasteiger partial charge in [-0.3, -0.25) is 14.9 Å². The van der Waals surface area contributed by atoms with Crippen LogP contribution >= 0.6 is 0 Å². The Morgan fingerprint density at radius 1 is 0.880 bits per heavy atom. The number of hydrogen-bond donors (Lipinski definition) is 0. The third kappa shape index (κ3) is 3.77. The number of rotatable bonds is 4. The minimum absolute atomic E-state index is 0.438. The van der Waals surface area contributed by atoms with Crippen molar-refractivity contribution in [3.8, 4) is 11.1 Å². The smallest absolute Gasteiger partial charge is 0.0575 e. The lowest BCUT2D eigenvalue weighted by Gasteiger charge is -2.35. The molecule has 0 spiro atoms. The van der Waals surface area contributed by atoms with Crippen LogP contribution in [-0.2, 0) is 6.54 Å². The van der Waals surface area contributed by atoms with Gasteiger partial charge in [0.2, 0.25) is 0 Å². The zero-order valence-electron chi connectivity index (χ0n) is 14.4. The van der Waals surface area contributed by atoms with Crippen molar-refractivity contribution in [1.82, 2.24) is 14.9 Å². The maximum Gasteiger partial charge on any atom is 0.0575 e. The van der Waals surface area contributed by atoms with Crippen LogP contribution < -0.4 is 0 Å². The Hall–Kier alpha value is -2.52. The van der Waals surface area contributed by atoms with E-state index in [-0.39, 0.29) is 0 Å². The molecule has 0 saturated carbocycles. The van der Waals surface area contributed by atoms with E-state index in [0.29, 0.717) is 6.04 Å². The van der Waals surface area contributed by atoms with Crippen molar-refractivity contribution >= 4 is 0 Å². The Labute approximate surface area is 149 Å². The highest BCUT2D eigenvalue weighted by Gasteiger charge is 2.24. The molecule has 3 nitrogen and oxygen atoms in total. The van der Waals surface area contributed by atoms with Crippen molar-refractivity contribution < 1.29 is 0 Å². The van der Waals surface area contributed by atoms with Crippen molar-refractivity contribution in [3.05, 3.63) is 84.4 Å². The first-order chi connectivity index (χ1) is 12.4. The Bertz CT molecular complexity index is 785. The first kappa shape index (κ1) is 16.0. The lowest BCUT2D eigenvalue weighted by atomic mass is 9.97. The number of piperidine rings is 1. The zero-order chi connectivity index (χ0) is 16.9. The second-order valence-corrected chi connectivity index (χ2v) is 6.68. The summed E-state index contributed by atoms with van der Waals surface area (Å²) >= 11 is 0. The summed E-state index contributed by atoms with van der Waals surface area (Å²) in [6, 6.07) is 19.7. The third-order valence-corrected chi connectivity index (χ3v) is 4.98. The van der Waals surface area contributed by atoms with Gasteiger partial charge >= 0.3 is 0 Å². The molecular weight excluding hydrogens is 306 g/mol. The highest BCUT2D eigenvalue weighted by Crippen LogP contribution is 2.31. The summed E-state index contributed by atoms with van der Waals surface area (Å²) in [5.74, 6) is 0. The molecule has 3 heteroatoms. The van der Waals surface area contributed by atoms with E-state index >= 15 is 0 Å². The highest BCUT2D eigenvalue weighted by atomic mass is 15.2. The van der Waals surface area contributed by atoms with Crippen LogP contribution in [0.3, 0.4) is 0 Å². The van der Waals surface area contributed by atoms with E-state index in [1.165, 1.54) is 41.6 Å². The quantitative estimate of drug-likeness (QED) is 0.684. The van der Waals surface area contributed by atoms with Crippen LogP contribution in [0.5, 0.6) is 0 Å². The van der Waals surface area contributed by atoms with Crippen LogP contribution in [0, 0.1) is 0 Å². The summed E-state index contributed by atoms with van der Waals surface area (Å²) in [5, 5.41) is 0. The molecule has 25 heavy (non-hydrogen) atoms. The topological polar surface area (TPSA) is 29.0 Å². The Kier molecular flexibility index (Phi) is 4.84. The Morgan fingerprint density at radius 2 is 1.80 bits per heavy atom. The molecule has 1 fully saturated rings. The van der Waals surface area contributed by atoms with Crippen LogP contribution in [-0.4, -0.2) is 21.4 Å². The van der Waals surface area contributed by atoms with E-state index in [1.807, 2.05) is 30.7 Å². The highest BCUT2D eigenvalue weighted by molar-refractivity contribution is 5.62. The van der Waals surface area contributed by atoms with E-state index < -0.39 is 0 Å². The number of likely N-dealkylation sites (tertiary alicyclic amines) is 1. The van der Waals surface area contributed by atoms with Gasteiger partial charge in [-0.1, -0.05) is 42.8 Å². The summed E-state index contributed by atoms with van der Waals surface area (Å²) < 4.78 is 0. The molecule has 126 valence electrons. The van der Waals surface area contributed by atoms with Crippen molar-refractivity contribution in [3.63, 3.8) is 0 Å². The molecule has 4 rings (SSSR count). The molecule has 0 bridgehead atoms. The molecule has 2 aromatic heterocycles. The Balaban J connectivity index is 1.50. The lowest BCUT2D eigenvalue weighted by Crippen LogP contribution is -2.33. The van der Waals surface area contributed by atoms with Crippen molar-refractivity contribution in [2.75, 3.05) is 6.54 Å². The van der Waals surface area contributed by atoms with E-state index in [1.54, 1.807) is 0 Å². The molecule has 3 aromatic rings. The summed E-state index contributed by atoms with van der Waals surface area (Å²) in [5.41, 5.74) is 4.94. The molecule has 0 N–H and O–H groups in total. The molecule has 1 aromatic carbocycles. The zero-order valence-corrected chi connectivity index (χ0v) is 14.4. The van der Waals surface area contributed by atoms with Gasteiger partial charge in [-0.25, -0.2) is 0 Å². The fourth-order valence-corrected chi connectivity index (χ4v) is 3.66. The lowest BCUT2D eigenvalue weighted by molar-refractivity contribution is 0.137. The molecule has 0 aliphatic carbocycles. The van der Waals surface area contributed by atoms with Gasteiger partial charge in [0, 0.05) is 25.1 Å². The Morgan fingerprint density at radius 3 is 2.56 bits per heavy atom. The molecule has 1 aliphatic rings. The SMILES string of the molecule is c1ccc([C@@H]2CCCCN2Cc2ccc(-c3cccnc3)cc2)nc1. The molecule has 1 saturated heterocycles. The molecule has 3 heterocycles. The van der Waals surface area contributed by atoms with Crippen molar-refractivity contribution in [1.29, 1.82) is 0 Å². The second kappa shape index (κ2) is 7.58. The second-order valence-electron chi connectivity index (χ2n) is 6.68. The van der Waals surface area contributed by atoms with E-state index in [2.05, 4.69) is 57.3 Å². The van der Waals surface area contributed by atoms with Crippen molar-refractivity contribution in [2.45, 2.75) is 31.8 Å². The number of benzene rings is 1.